The topological polar surface area (TPSA) is 50.9 Å². The zero-order valence-electron chi connectivity index (χ0n) is 12.8. The van der Waals surface area contributed by atoms with E-state index in [1.807, 2.05) is 6.92 Å². The van der Waals surface area contributed by atoms with Crippen molar-refractivity contribution in [2.45, 2.75) is 51.5 Å². The van der Waals surface area contributed by atoms with Gasteiger partial charge in [0.15, 0.2) is 0 Å². The molecule has 2 aromatic rings. The first-order valence-corrected chi connectivity index (χ1v) is 8.09. The number of benzene rings is 1. The molecule has 3 heteroatoms. The fourth-order valence-electron chi connectivity index (χ4n) is 3.52. The molecule has 3 N–H and O–H groups in total. The van der Waals surface area contributed by atoms with Gasteiger partial charge < -0.3 is 0 Å². The predicted molar refractivity (Wildman–Crippen MR) is 87.7 cm³/mol. The van der Waals surface area contributed by atoms with Gasteiger partial charge in [0.05, 0.1) is 5.52 Å². The van der Waals surface area contributed by atoms with E-state index in [2.05, 4.69) is 40.7 Å². The molecule has 1 aromatic carbocycles. The number of hydrogen-bond acceptors (Lipinski definition) is 3. The van der Waals surface area contributed by atoms with E-state index in [4.69, 9.17) is 5.84 Å². The molecule has 1 atom stereocenters. The molecule has 0 radical (unpaired) electrons. The zero-order chi connectivity index (χ0) is 14.7. The SMILES string of the molecule is Cc1ccc2cc(C(CC3CCCCC3)NN)ccc2n1. The molecule has 1 unspecified atom stereocenters. The molecule has 112 valence electrons. The number of aryl methyl sites for hydroxylation is 1. The average Bonchev–Trinajstić information content (AvgIpc) is 2.53. The molecule has 0 aliphatic heterocycles. The molecule has 1 heterocycles. The molecule has 0 amide bonds. The third-order valence-corrected chi connectivity index (χ3v) is 4.75. The Hall–Kier alpha value is -1.45. The number of pyridine rings is 1. The van der Waals surface area contributed by atoms with E-state index in [-0.39, 0.29) is 6.04 Å². The van der Waals surface area contributed by atoms with Crippen LogP contribution in [-0.4, -0.2) is 4.98 Å². The first-order chi connectivity index (χ1) is 10.3. The molecule has 1 aromatic heterocycles. The summed E-state index contributed by atoms with van der Waals surface area (Å²) in [6.45, 7) is 2.03. The summed E-state index contributed by atoms with van der Waals surface area (Å²) in [4.78, 5) is 4.57. The van der Waals surface area contributed by atoms with Crippen LogP contribution in [-0.2, 0) is 0 Å². The van der Waals surface area contributed by atoms with Crippen molar-refractivity contribution in [2.24, 2.45) is 11.8 Å². The van der Waals surface area contributed by atoms with Gasteiger partial charge in [-0.05, 0) is 43.0 Å². The van der Waals surface area contributed by atoms with Crippen LogP contribution in [0.25, 0.3) is 10.9 Å². The van der Waals surface area contributed by atoms with Gasteiger partial charge in [-0.25, -0.2) is 0 Å². The van der Waals surface area contributed by atoms with Crippen LogP contribution in [0.5, 0.6) is 0 Å². The van der Waals surface area contributed by atoms with Gasteiger partial charge in [0, 0.05) is 17.1 Å². The van der Waals surface area contributed by atoms with Crippen LogP contribution in [0.4, 0.5) is 0 Å². The van der Waals surface area contributed by atoms with Gasteiger partial charge in [0.25, 0.3) is 0 Å². The third kappa shape index (κ3) is 3.42. The second-order valence-corrected chi connectivity index (χ2v) is 6.36. The number of hydrogen-bond donors (Lipinski definition) is 2. The molecule has 0 saturated heterocycles. The minimum absolute atomic E-state index is 0.249. The molecular formula is C18H25N3. The summed E-state index contributed by atoms with van der Waals surface area (Å²) in [6.07, 6.45) is 8.00. The van der Waals surface area contributed by atoms with E-state index in [0.29, 0.717) is 0 Å². The third-order valence-electron chi connectivity index (χ3n) is 4.75. The molecule has 3 nitrogen and oxygen atoms in total. The van der Waals surface area contributed by atoms with Crippen LogP contribution in [0.3, 0.4) is 0 Å². The summed E-state index contributed by atoms with van der Waals surface area (Å²) < 4.78 is 0. The molecular weight excluding hydrogens is 258 g/mol. The molecule has 1 saturated carbocycles. The number of nitrogens with one attached hydrogen (secondary N) is 1. The summed E-state index contributed by atoms with van der Waals surface area (Å²) in [5, 5.41) is 1.20. The normalized spacial score (nSPS) is 18.0. The number of fused-ring (bicyclic) bond motifs is 1. The maximum Gasteiger partial charge on any atom is 0.0705 e. The Bertz CT molecular complexity index is 602. The van der Waals surface area contributed by atoms with Gasteiger partial charge in [0.1, 0.15) is 0 Å². The Morgan fingerprint density at radius 2 is 2.00 bits per heavy atom. The molecule has 3 rings (SSSR count). The lowest BCUT2D eigenvalue weighted by Gasteiger charge is -2.26. The van der Waals surface area contributed by atoms with Gasteiger partial charge in [-0.3, -0.25) is 16.3 Å². The lowest BCUT2D eigenvalue weighted by Crippen LogP contribution is -2.30. The summed E-state index contributed by atoms with van der Waals surface area (Å²) in [5.74, 6) is 6.64. The van der Waals surface area contributed by atoms with Crippen molar-refractivity contribution < 1.29 is 0 Å². The molecule has 1 fully saturated rings. The van der Waals surface area contributed by atoms with Crippen LogP contribution < -0.4 is 11.3 Å². The van der Waals surface area contributed by atoms with Crippen molar-refractivity contribution >= 4 is 10.9 Å². The smallest absolute Gasteiger partial charge is 0.0705 e. The second-order valence-electron chi connectivity index (χ2n) is 6.36. The maximum atomic E-state index is 5.82. The van der Waals surface area contributed by atoms with Crippen LogP contribution in [0.1, 0.15) is 55.8 Å². The van der Waals surface area contributed by atoms with E-state index in [0.717, 1.165) is 23.5 Å². The van der Waals surface area contributed by atoms with Crippen molar-refractivity contribution in [2.75, 3.05) is 0 Å². The van der Waals surface area contributed by atoms with Gasteiger partial charge >= 0.3 is 0 Å². The maximum absolute atomic E-state index is 5.82. The van der Waals surface area contributed by atoms with Crippen LogP contribution >= 0.6 is 0 Å². The first kappa shape index (κ1) is 14.5. The Morgan fingerprint density at radius 1 is 1.19 bits per heavy atom. The van der Waals surface area contributed by atoms with E-state index in [1.54, 1.807) is 0 Å². The standard InChI is InChI=1S/C18H25N3/c1-13-7-8-15-12-16(9-10-17(15)20-13)18(21-19)11-14-5-3-2-4-6-14/h7-10,12,14,18,21H,2-6,11,19H2,1H3. The molecule has 21 heavy (non-hydrogen) atoms. The summed E-state index contributed by atoms with van der Waals surface area (Å²) in [5.41, 5.74) is 6.42. The lowest BCUT2D eigenvalue weighted by molar-refractivity contribution is 0.301. The monoisotopic (exact) mass is 283 g/mol. The van der Waals surface area contributed by atoms with Crippen molar-refractivity contribution in [1.29, 1.82) is 0 Å². The van der Waals surface area contributed by atoms with E-state index < -0.39 is 0 Å². The fourth-order valence-corrected chi connectivity index (χ4v) is 3.52. The minimum atomic E-state index is 0.249. The molecule has 1 aliphatic rings. The highest BCUT2D eigenvalue weighted by Gasteiger charge is 2.19. The average molecular weight is 283 g/mol. The highest BCUT2D eigenvalue weighted by molar-refractivity contribution is 5.79. The Labute approximate surface area is 126 Å². The van der Waals surface area contributed by atoms with E-state index >= 15 is 0 Å². The predicted octanol–water partition coefficient (Wildman–Crippen LogP) is 4.02. The quantitative estimate of drug-likeness (QED) is 0.658. The minimum Gasteiger partial charge on any atom is -0.271 e. The summed E-state index contributed by atoms with van der Waals surface area (Å²) in [7, 11) is 0. The molecule has 1 aliphatic carbocycles. The Kier molecular flexibility index (Phi) is 4.51. The van der Waals surface area contributed by atoms with E-state index in [1.165, 1.54) is 43.1 Å². The first-order valence-electron chi connectivity index (χ1n) is 8.09. The van der Waals surface area contributed by atoms with Crippen LogP contribution in [0.2, 0.25) is 0 Å². The Morgan fingerprint density at radius 3 is 2.76 bits per heavy atom. The number of hydrazine groups is 1. The van der Waals surface area contributed by atoms with Gasteiger partial charge in [-0.2, -0.15) is 0 Å². The second kappa shape index (κ2) is 6.54. The van der Waals surface area contributed by atoms with Crippen LogP contribution in [0.15, 0.2) is 30.3 Å². The zero-order valence-corrected chi connectivity index (χ0v) is 12.8. The number of aromatic nitrogens is 1. The van der Waals surface area contributed by atoms with Crippen molar-refractivity contribution in [3.63, 3.8) is 0 Å². The highest BCUT2D eigenvalue weighted by Crippen LogP contribution is 2.32. The van der Waals surface area contributed by atoms with Crippen LogP contribution in [0, 0.1) is 12.8 Å². The van der Waals surface area contributed by atoms with Crippen molar-refractivity contribution in [3.05, 3.63) is 41.6 Å². The fraction of sp³-hybridized carbons (Fsp3) is 0.500. The van der Waals surface area contributed by atoms with Gasteiger partial charge in [-0.15, -0.1) is 0 Å². The number of rotatable bonds is 4. The lowest BCUT2D eigenvalue weighted by atomic mass is 9.83. The number of nitrogens with two attached hydrogens (primary N) is 1. The molecule has 0 spiro atoms. The van der Waals surface area contributed by atoms with Gasteiger partial charge in [0.2, 0.25) is 0 Å². The summed E-state index contributed by atoms with van der Waals surface area (Å²) >= 11 is 0. The van der Waals surface area contributed by atoms with Crippen molar-refractivity contribution in [1.82, 2.24) is 10.4 Å². The summed E-state index contributed by atoms with van der Waals surface area (Å²) in [6, 6.07) is 11.0. The molecule has 0 bridgehead atoms. The largest absolute Gasteiger partial charge is 0.271 e. The number of nitrogens with zero attached hydrogens (tertiary/aromatic N) is 1. The van der Waals surface area contributed by atoms with Crippen molar-refractivity contribution in [3.8, 4) is 0 Å². The highest BCUT2D eigenvalue weighted by atomic mass is 15.2. The Balaban J connectivity index is 1.80. The van der Waals surface area contributed by atoms with E-state index in [9.17, 15) is 0 Å². The van der Waals surface area contributed by atoms with Gasteiger partial charge in [-0.1, -0.05) is 44.2 Å².